The average Bonchev–Trinajstić information content (AvgIpc) is 2.64. The van der Waals surface area contributed by atoms with Gasteiger partial charge in [-0.3, -0.25) is 4.79 Å². The van der Waals surface area contributed by atoms with E-state index >= 15 is 0 Å². The van der Waals surface area contributed by atoms with E-state index in [1.54, 1.807) is 18.5 Å². The molecule has 1 aromatic rings. The molecular formula is C17H28N6O2. The number of hydrogen-bond donors (Lipinski definition) is 3. The van der Waals surface area contributed by atoms with E-state index in [9.17, 15) is 9.59 Å². The molecule has 2 heterocycles. The SMILES string of the molecule is CC(C)C(=O)NCC1CCCN(C(=O)NCCNc2ncccn2)C1. The minimum Gasteiger partial charge on any atom is -0.356 e. The number of anilines is 1. The minimum atomic E-state index is -0.0596. The van der Waals surface area contributed by atoms with Crippen molar-refractivity contribution in [1.82, 2.24) is 25.5 Å². The fourth-order valence-corrected chi connectivity index (χ4v) is 2.71. The molecule has 1 aromatic heterocycles. The number of piperidine rings is 1. The lowest BCUT2D eigenvalue weighted by atomic mass is 9.98. The molecule has 3 amide bonds. The van der Waals surface area contributed by atoms with Crippen molar-refractivity contribution < 1.29 is 9.59 Å². The third-order valence-electron chi connectivity index (χ3n) is 4.15. The van der Waals surface area contributed by atoms with Gasteiger partial charge in [0.25, 0.3) is 0 Å². The van der Waals surface area contributed by atoms with E-state index < -0.39 is 0 Å². The number of carbonyl (C=O) groups excluding carboxylic acids is 2. The molecule has 0 aliphatic carbocycles. The van der Waals surface area contributed by atoms with Crippen LogP contribution in [0.2, 0.25) is 0 Å². The van der Waals surface area contributed by atoms with Crippen LogP contribution in [0.4, 0.5) is 10.7 Å². The molecule has 0 bridgehead atoms. The van der Waals surface area contributed by atoms with E-state index in [0.29, 0.717) is 38.0 Å². The Kier molecular flexibility index (Phi) is 7.43. The Labute approximate surface area is 148 Å². The van der Waals surface area contributed by atoms with E-state index in [-0.39, 0.29) is 17.9 Å². The van der Waals surface area contributed by atoms with Gasteiger partial charge >= 0.3 is 6.03 Å². The molecule has 1 aliphatic rings. The Balaban J connectivity index is 1.66. The van der Waals surface area contributed by atoms with Crippen molar-refractivity contribution in [3.05, 3.63) is 18.5 Å². The highest BCUT2D eigenvalue weighted by molar-refractivity contribution is 5.77. The lowest BCUT2D eigenvalue weighted by molar-refractivity contribution is -0.124. The van der Waals surface area contributed by atoms with E-state index in [1.807, 2.05) is 18.7 Å². The molecule has 1 unspecified atom stereocenters. The van der Waals surface area contributed by atoms with E-state index in [4.69, 9.17) is 0 Å². The van der Waals surface area contributed by atoms with Crippen LogP contribution in [0.3, 0.4) is 0 Å². The second-order valence-corrected chi connectivity index (χ2v) is 6.59. The summed E-state index contributed by atoms with van der Waals surface area (Å²) in [6.45, 7) is 6.90. The smallest absolute Gasteiger partial charge is 0.317 e. The van der Waals surface area contributed by atoms with Crippen LogP contribution in [0.1, 0.15) is 26.7 Å². The van der Waals surface area contributed by atoms with Gasteiger partial charge in [0.2, 0.25) is 11.9 Å². The molecule has 2 rings (SSSR count). The second kappa shape index (κ2) is 9.80. The lowest BCUT2D eigenvalue weighted by Crippen LogP contribution is -2.48. The molecule has 0 spiro atoms. The van der Waals surface area contributed by atoms with Gasteiger partial charge in [-0.1, -0.05) is 13.8 Å². The molecule has 1 aliphatic heterocycles. The van der Waals surface area contributed by atoms with Crippen molar-refractivity contribution in [3.8, 4) is 0 Å². The quantitative estimate of drug-likeness (QED) is 0.641. The summed E-state index contributed by atoms with van der Waals surface area (Å²) < 4.78 is 0. The Morgan fingerprint density at radius 1 is 1.24 bits per heavy atom. The molecule has 0 aromatic carbocycles. The predicted molar refractivity (Wildman–Crippen MR) is 96.1 cm³/mol. The molecule has 138 valence electrons. The largest absolute Gasteiger partial charge is 0.356 e. The van der Waals surface area contributed by atoms with E-state index in [1.165, 1.54) is 0 Å². The van der Waals surface area contributed by atoms with Gasteiger partial charge in [0.1, 0.15) is 0 Å². The Bertz CT molecular complexity index is 551. The van der Waals surface area contributed by atoms with Gasteiger partial charge in [-0.25, -0.2) is 14.8 Å². The predicted octanol–water partition coefficient (Wildman–Crippen LogP) is 1.08. The fourth-order valence-electron chi connectivity index (χ4n) is 2.71. The highest BCUT2D eigenvalue weighted by Crippen LogP contribution is 2.15. The maximum atomic E-state index is 12.3. The van der Waals surface area contributed by atoms with Crippen LogP contribution in [0, 0.1) is 11.8 Å². The topological polar surface area (TPSA) is 99.2 Å². The van der Waals surface area contributed by atoms with Gasteiger partial charge in [-0.15, -0.1) is 0 Å². The van der Waals surface area contributed by atoms with Crippen molar-refractivity contribution in [2.24, 2.45) is 11.8 Å². The number of likely N-dealkylation sites (tertiary alicyclic amines) is 1. The van der Waals surface area contributed by atoms with Crippen molar-refractivity contribution >= 4 is 17.9 Å². The van der Waals surface area contributed by atoms with Crippen LogP contribution in [0.25, 0.3) is 0 Å². The highest BCUT2D eigenvalue weighted by atomic mass is 16.2. The summed E-state index contributed by atoms with van der Waals surface area (Å²) in [5.74, 6) is 0.925. The minimum absolute atomic E-state index is 0.0101. The van der Waals surface area contributed by atoms with E-state index in [0.717, 1.165) is 19.4 Å². The monoisotopic (exact) mass is 348 g/mol. The first-order chi connectivity index (χ1) is 12.1. The molecule has 8 heteroatoms. The van der Waals surface area contributed by atoms with Crippen molar-refractivity contribution in [1.29, 1.82) is 0 Å². The zero-order valence-corrected chi connectivity index (χ0v) is 15.0. The summed E-state index contributed by atoms with van der Waals surface area (Å²) in [7, 11) is 0. The molecule has 8 nitrogen and oxygen atoms in total. The number of nitrogens with one attached hydrogen (secondary N) is 3. The van der Waals surface area contributed by atoms with Crippen LogP contribution in [0.5, 0.6) is 0 Å². The molecule has 0 radical (unpaired) electrons. The number of carbonyl (C=O) groups is 2. The fraction of sp³-hybridized carbons (Fsp3) is 0.647. The second-order valence-electron chi connectivity index (χ2n) is 6.59. The molecule has 0 saturated carbocycles. The molecule has 1 saturated heterocycles. The molecule has 25 heavy (non-hydrogen) atoms. The van der Waals surface area contributed by atoms with E-state index in [2.05, 4.69) is 25.9 Å². The van der Waals surface area contributed by atoms with Crippen molar-refractivity contribution in [2.75, 3.05) is 38.0 Å². The summed E-state index contributed by atoms with van der Waals surface area (Å²) >= 11 is 0. The van der Waals surface area contributed by atoms with Crippen molar-refractivity contribution in [3.63, 3.8) is 0 Å². The zero-order chi connectivity index (χ0) is 18.1. The lowest BCUT2D eigenvalue weighted by Gasteiger charge is -2.33. The highest BCUT2D eigenvalue weighted by Gasteiger charge is 2.24. The van der Waals surface area contributed by atoms with Crippen LogP contribution in [-0.2, 0) is 4.79 Å². The third-order valence-corrected chi connectivity index (χ3v) is 4.15. The average molecular weight is 348 g/mol. The number of rotatable bonds is 7. The summed E-state index contributed by atoms with van der Waals surface area (Å²) in [6, 6.07) is 1.69. The number of urea groups is 1. The summed E-state index contributed by atoms with van der Waals surface area (Å²) in [4.78, 5) is 33.9. The summed E-state index contributed by atoms with van der Waals surface area (Å²) in [5.41, 5.74) is 0. The first kappa shape index (κ1) is 19.0. The Morgan fingerprint density at radius 3 is 2.72 bits per heavy atom. The summed E-state index contributed by atoms with van der Waals surface area (Å²) in [5, 5.41) is 8.92. The van der Waals surface area contributed by atoms with Gasteiger partial charge in [-0.2, -0.15) is 0 Å². The zero-order valence-electron chi connectivity index (χ0n) is 15.0. The van der Waals surface area contributed by atoms with Gasteiger partial charge in [-0.05, 0) is 24.8 Å². The molecular weight excluding hydrogens is 320 g/mol. The summed E-state index contributed by atoms with van der Waals surface area (Å²) in [6.07, 6.45) is 5.33. The van der Waals surface area contributed by atoms with Crippen LogP contribution < -0.4 is 16.0 Å². The first-order valence-corrected chi connectivity index (χ1v) is 8.87. The maximum absolute atomic E-state index is 12.3. The van der Waals surface area contributed by atoms with Crippen LogP contribution >= 0.6 is 0 Å². The Morgan fingerprint density at radius 2 is 2.00 bits per heavy atom. The first-order valence-electron chi connectivity index (χ1n) is 8.87. The van der Waals surface area contributed by atoms with Crippen LogP contribution in [0.15, 0.2) is 18.5 Å². The van der Waals surface area contributed by atoms with Gasteiger partial charge < -0.3 is 20.9 Å². The number of hydrogen-bond acceptors (Lipinski definition) is 5. The number of nitrogens with zero attached hydrogens (tertiary/aromatic N) is 3. The number of aromatic nitrogens is 2. The molecule has 3 N–H and O–H groups in total. The maximum Gasteiger partial charge on any atom is 0.317 e. The van der Waals surface area contributed by atoms with Gasteiger partial charge in [0, 0.05) is 51.0 Å². The van der Waals surface area contributed by atoms with Gasteiger partial charge in [0.05, 0.1) is 0 Å². The number of amides is 3. The molecule has 1 atom stereocenters. The standard InChI is InChI=1S/C17H28N6O2/c1-13(2)15(24)22-11-14-5-3-10-23(12-14)17(25)21-9-8-20-16-18-6-4-7-19-16/h4,6-7,13-14H,3,5,8-12H2,1-2H3,(H,21,25)(H,22,24)(H,18,19,20). The third kappa shape index (κ3) is 6.56. The Hall–Kier alpha value is -2.38. The van der Waals surface area contributed by atoms with Gasteiger partial charge in [0.15, 0.2) is 0 Å². The van der Waals surface area contributed by atoms with Crippen molar-refractivity contribution in [2.45, 2.75) is 26.7 Å². The van der Waals surface area contributed by atoms with Crippen LogP contribution in [-0.4, -0.2) is 59.5 Å². The molecule has 1 fully saturated rings. The normalized spacial score (nSPS) is 17.2.